The van der Waals surface area contributed by atoms with E-state index in [0.29, 0.717) is 13.0 Å². The lowest BCUT2D eigenvalue weighted by Crippen LogP contribution is -2.54. The van der Waals surface area contributed by atoms with Crippen LogP contribution in [0.25, 0.3) is 0 Å². The molecule has 9 heteroatoms. The fourth-order valence-electron chi connectivity index (χ4n) is 5.32. The molecule has 0 radical (unpaired) electrons. The predicted octanol–water partition coefficient (Wildman–Crippen LogP) is 5.36. The molecule has 1 fully saturated rings. The summed E-state index contributed by atoms with van der Waals surface area (Å²) in [6.45, 7) is 11.6. The number of nitrogens with zero attached hydrogens (tertiary/aromatic N) is 1. The smallest absolute Gasteiger partial charge is 0.408 e. The van der Waals surface area contributed by atoms with E-state index in [1.807, 2.05) is 32.0 Å². The van der Waals surface area contributed by atoms with Crippen molar-refractivity contribution in [3.05, 3.63) is 34.9 Å². The van der Waals surface area contributed by atoms with Crippen molar-refractivity contribution in [3.8, 4) is 0 Å². The van der Waals surface area contributed by atoms with Crippen molar-refractivity contribution in [2.24, 2.45) is 5.73 Å². The Balaban J connectivity index is 2.53. The van der Waals surface area contributed by atoms with Crippen LogP contribution in [0, 0.1) is 13.8 Å². The van der Waals surface area contributed by atoms with Gasteiger partial charge in [-0.25, -0.2) is 4.79 Å². The van der Waals surface area contributed by atoms with Crippen molar-refractivity contribution in [1.29, 1.82) is 0 Å². The second kappa shape index (κ2) is 16.4. The topological polar surface area (TPSA) is 131 Å². The molecule has 230 valence electrons. The van der Waals surface area contributed by atoms with Gasteiger partial charge in [-0.15, -0.1) is 0 Å². The number of ether oxygens (including phenoxy) is 1. The summed E-state index contributed by atoms with van der Waals surface area (Å²) in [5.41, 5.74) is 7.38. The molecule has 0 spiro atoms. The van der Waals surface area contributed by atoms with Crippen LogP contribution in [0.5, 0.6) is 0 Å². The predicted molar refractivity (Wildman–Crippen MR) is 161 cm³/mol. The Bertz CT molecular complexity index is 1030. The zero-order chi connectivity index (χ0) is 30.6. The number of primary amides is 1. The quantitative estimate of drug-likeness (QED) is 0.258. The summed E-state index contributed by atoms with van der Waals surface area (Å²) < 4.78 is 5.43. The molecule has 2 atom stereocenters. The molecule has 1 aromatic rings. The average molecular weight is 573 g/mol. The molecule has 1 aromatic carbocycles. The molecule has 0 aromatic heterocycles. The minimum absolute atomic E-state index is 0.00261. The standard InChI is InChI=1S/C32H52N4O5/c1-7-8-9-13-21-36(30(39)26(19-20-27(33)37)35-31(40)41-32(4,5)6)28(25-18-14-15-22(2)23(25)3)29(38)34-24-16-11-10-12-17-24/h14-15,18,24,26,28H,7-13,16-17,19-21H2,1-6H3,(H2,33,37)(H,34,38)(H,35,40). The van der Waals surface area contributed by atoms with Crippen molar-refractivity contribution in [1.82, 2.24) is 15.5 Å². The number of carbonyl (C=O) groups excluding carboxylic acids is 4. The molecule has 1 saturated carbocycles. The number of carbonyl (C=O) groups is 4. The Morgan fingerprint density at radius 2 is 1.73 bits per heavy atom. The van der Waals surface area contributed by atoms with Gasteiger partial charge >= 0.3 is 6.09 Å². The second-order valence-corrected chi connectivity index (χ2v) is 12.3. The first-order chi connectivity index (χ1) is 19.3. The van der Waals surface area contributed by atoms with E-state index < -0.39 is 35.6 Å². The van der Waals surface area contributed by atoms with Gasteiger partial charge in [0.1, 0.15) is 17.7 Å². The monoisotopic (exact) mass is 572 g/mol. The highest BCUT2D eigenvalue weighted by Crippen LogP contribution is 2.29. The van der Waals surface area contributed by atoms with E-state index in [9.17, 15) is 19.2 Å². The number of hydrogen-bond donors (Lipinski definition) is 3. The number of benzene rings is 1. The van der Waals surface area contributed by atoms with Crippen LogP contribution in [0.2, 0.25) is 0 Å². The number of unbranched alkanes of at least 4 members (excludes halogenated alkanes) is 3. The lowest BCUT2D eigenvalue weighted by Gasteiger charge is -2.36. The molecule has 2 unspecified atom stereocenters. The molecule has 1 aliphatic carbocycles. The van der Waals surface area contributed by atoms with Crippen LogP contribution in [0.4, 0.5) is 4.79 Å². The van der Waals surface area contributed by atoms with Gasteiger partial charge in [0, 0.05) is 19.0 Å². The van der Waals surface area contributed by atoms with E-state index >= 15 is 0 Å². The van der Waals surface area contributed by atoms with Crippen LogP contribution in [0.1, 0.15) is 121 Å². The van der Waals surface area contributed by atoms with Crippen LogP contribution in [-0.2, 0) is 19.1 Å². The van der Waals surface area contributed by atoms with Gasteiger partial charge in [-0.3, -0.25) is 14.4 Å². The van der Waals surface area contributed by atoms with Gasteiger partial charge in [0.2, 0.25) is 17.7 Å². The van der Waals surface area contributed by atoms with Gasteiger partial charge in [0.25, 0.3) is 0 Å². The van der Waals surface area contributed by atoms with E-state index in [4.69, 9.17) is 10.5 Å². The summed E-state index contributed by atoms with van der Waals surface area (Å²) in [5.74, 6) is -1.23. The van der Waals surface area contributed by atoms with Crippen molar-refractivity contribution in [2.45, 2.75) is 136 Å². The summed E-state index contributed by atoms with van der Waals surface area (Å²) >= 11 is 0. The fourth-order valence-corrected chi connectivity index (χ4v) is 5.32. The summed E-state index contributed by atoms with van der Waals surface area (Å²) in [7, 11) is 0. The minimum Gasteiger partial charge on any atom is -0.444 e. The maximum absolute atomic E-state index is 14.4. The SMILES string of the molecule is CCCCCCN(C(=O)C(CCC(N)=O)NC(=O)OC(C)(C)C)C(C(=O)NC1CCCCC1)c1cccc(C)c1C. The van der Waals surface area contributed by atoms with E-state index in [-0.39, 0.29) is 24.8 Å². The Kier molecular flexibility index (Phi) is 13.6. The Morgan fingerprint density at radius 3 is 2.34 bits per heavy atom. The van der Waals surface area contributed by atoms with Crippen LogP contribution < -0.4 is 16.4 Å². The van der Waals surface area contributed by atoms with Gasteiger partial charge in [-0.2, -0.15) is 0 Å². The highest BCUT2D eigenvalue weighted by Gasteiger charge is 2.37. The normalized spacial score (nSPS) is 15.5. The van der Waals surface area contributed by atoms with Gasteiger partial charge in [-0.1, -0.05) is 63.6 Å². The lowest BCUT2D eigenvalue weighted by atomic mass is 9.92. The molecule has 0 heterocycles. The molecule has 0 aliphatic heterocycles. The zero-order valence-corrected chi connectivity index (χ0v) is 26.0. The number of nitrogens with one attached hydrogen (secondary N) is 2. The van der Waals surface area contributed by atoms with Crippen LogP contribution in [-0.4, -0.2) is 52.9 Å². The Morgan fingerprint density at radius 1 is 1.05 bits per heavy atom. The highest BCUT2D eigenvalue weighted by atomic mass is 16.6. The van der Waals surface area contributed by atoms with E-state index in [0.717, 1.165) is 68.1 Å². The number of nitrogens with two attached hydrogens (primary N) is 1. The number of aryl methyl sites for hydroxylation is 1. The minimum atomic E-state index is -1.08. The van der Waals surface area contributed by atoms with Gasteiger partial charge in [0.05, 0.1) is 0 Å². The molecule has 1 aliphatic rings. The Hall–Kier alpha value is -3.10. The first kappa shape index (κ1) is 34.1. The van der Waals surface area contributed by atoms with Gasteiger partial charge in [-0.05, 0) is 77.0 Å². The maximum Gasteiger partial charge on any atom is 0.408 e. The fraction of sp³-hybridized carbons (Fsp3) is 0.688. The average Bonchev–Trinajstić information content (AvgIpc) is 2.89. The molecular formula is C32H52N4O5. The first-order valence-electron chi connectivity index (χ1n) is 15.3. The number of rotatable bonds is 14. The zero-order valence-electron chi connectivity index (χ0n) is 26.0. The molecule has 4 N–H and O–H groups in total. The Labute approximate surface area is 246 Å². The molecule has 0 bridgehead atoms. The van der Waals surface area contributed by atoms with Gasteiger partial charge < -0.3 is 26.0 Å². The first-order valence-corrected chi connectivity index (χ1v) is 15.3. The third-order valence-electron chi connectivity index (χ3n) is 7.66. The molecule has 2 rings (SSSR count). The van der Waals surface area contributed by atoms with Crippen LogP contribution >= 0.6 is 0 Å². The van der Waals surface area contributed by atoms with E-state index in [1.165, 1.54) is 0 Å². The maximum atomic E-state index is 14.4. The number of alkyl carbamates (subject to hydrolysis) is 1. The van der Waals surface area contributed by atoms with Crippen LogP contribution in [0.3, 0.4) is 0 Å². The van der Waals surface area contributed by atoms with Crippen molar-refractivity contribution >= 4 is 23.8 Å². The van der Waals surface area contributed by atoms with E-state index in [2.05, 4.69) is 17.6 Å². The van der Waals surface area contributed by atoms with Crippen LogP contribution in [0.15, 0.2) is 18.2 Å². The van der Waals surface area contributed by atoms with Crippen molar-refractivity contribution in [2.75, 3.05) is 6.54 Å². The number of hydrogen-bond acceptors (Lipinski definition) is 5. The molecule has 4 amide bonds. The summed E-state index contributed by atoms with van der Waals surface area (Å²) in [6.07, 6.45) is 7.89. The molecular weight excluding hydrogens is 520 g/mol. The lowest BCUT2D eigenvalue weighted by molar-refractivity contribution is -0.143. The van der Waals surface area contributed by atoms with Gasteiger partial charge in [0.15, 0.2) is 0 Å². The molecule has 9 nitrogen and oxygen atoms in total. The summed E-state index contributed by atoms with van der Waals surface area (Å²) in [5, 5.41) is 5.91. The van der Waals surface area contributed by atoms with E-state index in [1.54, 1.807) is 25.7 Å². The third-order valence-corrected chi connectivity index (χ3v) is 7.66. The summed E-state index contributed by atoms with van der Waals surface area (Å²) in [4.78, 5) is 54.6. The summed E-state index contributed by atoms with van der Waals surface area (Å²) in [6, 6.07) is 3.89. The van der Waals surface area contributed by atoms with Crippen molar-refractivity contribution < 1.29 is 23.9 Å². The third kappa shape index (κ3) is 11.4. The largest absolute Gasteiger partial charge is 0.444 e. The highest BCUT2D eigenvalue weighted by molar-refractivity contribution is 5.92. The molecule has 41 heavy (non-hydrogen) atoms. The second-order valence-electron chi connectivity index (χ2n) is 12.3. The van der Waals surface area contributed by atoms with Crippen molar-refractivity contribution in [3.63, 3.8) is 0 Å². The number of amides is 4. The molecule has 0 saturated heterocycles.